The lowest BCUT2D eigenvalue weighted by Crippen LogP contribution is -2.40. The van der Waals surface area contributed by atoms with Crippen molar-refractivity contribution in [1.29, 1.82) is 0 Å². The van der Waals surface area contributed by atoms with Crippen LogP contribution in [0.3, 0.4) is 0 Å². The second kappa shape index (κ2) is 13.6. The maximum Gasteiger partial charge on any atom is 0.338 e. The Kier molecular flexibility index (Phi) is 9.18. The van der Waals surface area contributed by atoms with Crippen molar-refractivity contribution in [3.63, 3.8) is 0 Å². The summed E-state index contributed by atoms with van der Waals surface area (Å²) in [6.07, 6.45) is 3.68. The molecule has 46 heavy (non-hydrogen) atoms. The molecule has 1 aliphatic rings. The summed E-state index contributed by atoms with van der Waals surface area (Å²) in [5, 5.41) is 0. The first-order valence-electron chi connectivity index (χ1n) is 14.7. The number of furan rings is 1. The Morgan fingerprint density at radius 2 is 1.59 bits per heavy atom. The average molecular weight is 651 g/mol. The van der Waals surface area contributed by atoms with Crippen LogP contribution in [0.4, 0.5) is 0 Å². The average Bonchev–Trinajstić information content (AvgIpc) is 3.68. The smallest absolute Gasteiger partial charge is 0.338 e. The van der Waals surface area contributed by atoms with E-state index < -0.39 is 12.0 Å². The van der Waals surface area contributed by atoms with Gasteiger partial charge in [-0.3, -0.25) is 9.36 Å². The zero-order valence-corrected chi connectivity index (χ0v) is 27.0. The second-order valence-electron chi connectivity index (χ2n) is 10.2. The third kappa shape index (κ3) is 6.14. The third-order valence-electron chi connectivity index (χ3n) is 7.39. The number of ether oxygens (including phenoxy) is 2. The van der Waals surface area contributed by atoms with Crippen LogP contribution in [0.1, 0.15) is 47.1 Å². The molecule has 0 saturated carbocycles. The van der Waals surface area contributed by atoms with E-state index in [4.69, 9.17) is 18.9 Å². The maximum atomic E-state index is 14.1. The van der Waals surface area contributed by atoms with E-state index in [2.05, 4.69) is 0 Å². The van der Waals surface area contributed by atoms with Gasteiger partial charge in [0.05, 0.1) is 40.6 Å². The molecule has 0 unspecified atom stereocenters. The maximum absolute atomic E-state index is 14.1. The van der Waals surface area contributed by atoms with Gasteiger partial charge in [0.2, 0.25) is 0 Å². The minimum atomic E-state index is -0.756. The predicted molar refractivity (Wildman–Crippen MR) is 179 cm³/mol. The van der Waals surface area contributed by atoms with Gasteiger partial charge in [-0.15, -0.1) is 11.8 Å². The number of aromatic nitrogens is 1. The normalized spacial score (nSPS) is 14.5. The van der Waals surface area contributed by atoms with Crippen LogP contribution in [0, 0.1) is 0 Å². The van der Waals surface area contributed by atoms with Gasteiger partial charge in [-0.2, -0.15) is 0 Å². The minimum absolute atomic E-state index is 0.180. The van der Waals surface area contributed by atoms with Crippen molar-refractivity contribution in [3.05, 3.63) is 139 Å². The molecule has 0 N–H and O–H groups in total. The summed E-state index contributed by atoms with van der Waals surface area (Å²) in [6, 6.07) is 27.1. The zero-order chi connectivity index (χ0) is 32.2. The van der Waals surface area contributed by atoms with E-state index in [0.717, 1.165) is 21.6 Å². The molecule has 0 fully saturated rings. The summed E-state index contributed by atoms with van der Waals surface area (Å²) in [5.41, 5.74) is 3.21. The van der Waals surface area contributed by atoms with E-state index in [0.29, 0.717) is 44.3 Å². The Morgan fingerprint density at radius 3 is 2.26 bits per heavy atom. The molecule has 1 atom stereocenters. The van der Waals surface area contributed by atoms with Gasteiger partial charge in [0.1, 0.15) is 11.5 Å². The number of carbonyl (C=O) groups excluding carboxylic acids is 2. The van der Waals surface area contributed by atoms with Crippen LogP contribution in [0.2, 0.25) is 0 Å². The van der Waals surface area contributed by atoms with Crippen molar-refractivity contribution in [2.75, 3.05) is 19.5 Å². The lowest BCUT2D eigenvalue weighted by atomic mass is 9.93. The zero-order valence-electron chi connectivity index (χ0n) is 25.4. The quantitative estimate of drug-likeness (QED) is 0.141. The van der Waals surface area contributed by atoms with Crippen LogP contribution in [-0.2, 0) is 14.3 Å². The number of esters is 2. The molecule has 3 aromatic carbocycles. The topological polar surface area (TPSA) is 100 Å². The van der Waals surface area contributed by atoms with Gasteiger partial charge in [-0.05, 0) is 62.1 Å². The van der Waals surface area contributed by atoms with Gasteiger partial charge in [-0.25, -0.2) is 14.6 Å². The van der Waals surface area contributed by atoms with E-state index in [1.54, 1.807) is 66.6 Å². The molecule has 0 spiro atoms. The number of rotatable bonds is 9. The largest absolute Gasteiger partial charge is 0.463 e. The van der Waals surface area contributed by atoms with Gasteiger partial charge in [-0.1, -0.05) is 65.9 Å². The van der Waals surface area contributed by atoms with Gasteiger partial charge >= 0.3 is 11.9 Å². The number of hydrogen-bond acceptors (Lipinski definition) is 9. The molecule has 1 aliphatic heterocycles. The van der Waals surface area contributed by atoms with Crippen molar-refractivity contribution in [1.82, 2.24) is 4.57 Å². The second-order valence-corrected chi connectivity index (χ2v) is 12.1. The number of hydrogen-bond donors (Lipinski definition) is 0. The lowest BCUT2D eigenvalue weighted by Gasteiger charge is -2.26. The van der Waals surface area contributed by atoms with Crippen LogP contribution >= 0.6 is 23.1 Å². The van der Waals surface area contributed by atoms with Crippen molar-refractivity contribution in [2.45, 2.75) is 24.8 Å². The number of benzene rings is 3. The van der Waals surface area contributed by atoms with Gasteiger partial charge in [0.25, 0.3) is 5.56 Å². The van der Waals surface area contributed by atoms with Crippen LogP contribution in [-0.4, -0.2) is 36.0 Å². The summed E-state index contributed by atoms with van der Waals surface area (Å²) >= 11 is 2.84. The number of nitrogens with zero attached hydrogens (tertiary/aromatic N) is 2. The summed E-state index contributed by atoms with van der Waals surface area (Å²) < 4.78 is 18.7. The highest BCUT2D eigenvalue weighted by Gasteiger charge is 2.35. The van der Waals surface area contributed by atoms with E-state index in [-0.39, 0.29) is 18.1 Å². The number of fused-ring (bicyclic) bond motifs is 1. The molecule has 10 heteroatoms. The SMILES string of the molecule is CCOC(=O)C1=C(c2ccccc2)N=c2s/c(=C\c3ccc(-c4ccc(C(=O)OCC)cc4)o3)c(=O)n2[C@@H]1c1ccc(SC)cc1. The first-order chi connectivity index (χ1) is 22.4. The Bertz CT molecular complexity index is 2110. The molecule has 232 valence electrons. The molecule has 8 nitrogen and oxygen atoms in total. The standard InChI is InChI=1S/C36H30N2O6S2/c1-4-42-34(40)25-13-11-22(12-14-25)28-20-17-26(44-28)21-29-33(39)38-32(24-15-18-27(45-3)19-16-24)30(35(41)43-5-2)31(37-36(38)46-29)23-9-7-6-8-10-23/h6-21,32H,4-5H2,1-3H3/b29-21-/t32-/m1/s1. The lowest BCUT2D eigenvalue weighted by molar-refractivity contribution is -0.138. The molecule has 2 aromatic heterocycles. The first-order valence-corrected chi connectivity index (χ1v) is 16.8. The first kappa shape index (κ1) is 31.1. The van der Waals surface area contributed by atoms with E-state index in [1.807, 2.05) is 66.9 Å². The molecular formula is C36H30N2O6S2. The van der Waals surface area contributed by atoms with E-state index >= 15 is 0 Å². The van der Waals surface area contributed by atoms with Crippen molar-refractivity contribution < 1.29 is 23.5 Å². The predicted octanol–water partition coefficient (Wildman–Crippen LogP) is 6.09. The fourth-order valence-corrected chi connectivity index (χ4v) is 6.63. The van der Waals surface area contributed by atoms with Crippen molar-refractivity contribution in [3.8, 4) is 11.3 Å². The van der Waals surface area contributed by atoms with Crippen LogP contribution in [0.15, 0.2) is 116 Å². The Morgan fingerprint density at radius 1 is 0.891 bits per heavy atom. The molecule has 5 aromatic rings. The minimum Gasteiger partial charge on any atom is -0.463 e. The Balaban J connectivity index is 1.47. The van der Waals surface area contributed by atoms with Gasteiger partial charge in [0.15, 0.2) is 4.80 Å². The number of carbonyl (C=O) groups is 2. The van der Waals surface area contributed by atoms with Gasteiger partial charge in [0, 0.05) is 22.1 Å². The van der Waals surface area contributed by atoms with Crippen LogP contribution < -0.4 is 14.9 Å². The molecule has 6 rings (SSSR count). The summed E-state index contributed by atoms with van der Waals surface area (Å²) in [7, 11) is 0. The number of thioether (sulfide) groups is 1. The molecule has 0 bridgehead atoms. The fraction of sp³-hybridized carbons (Fsp3) is 0.167. The molecular weight excluding hydrogens is 621 g/mol. The molecule has 0 aliphatic carbocycles. The highest BCUT2D eigenvalue weighted by Crippen LogP contribution is 2.35. The van der Waals surface area contributed by atoms with E-state index in [1.165, 1.54) is 11.3 Å². The number of thiazole rings is 1. The summed E-state index contributed by atoms with van der Waals surface area (Å²) in [6.45, 7) is 4.00. The molecule has 0 amide bonds. The molecule has 3 heterocycles. The highest BCUT2D eigenvalue weighted by atomic mass is 32.2. The summed E-state index contributed by atoms with van der Waals surface area (Å²) in [4.78, 5) is 46.2. The Hall–Kier alpha value is -4.93. The molecule has 0 radical (unpaired) electrons. The monoisotopic (exact) mass is 650 g/mol. The van der Waals surface area contributed by atoms with Crippen molar-refractivity contribution >= 4 is 46.8 Å². The van der Waals surface area contributed by atoms with Crippen molar-refractivity contribution in [2.24, 2.45) is 4.99 Å². The molecule has 0 saturated heterocycles. The fourth-order valence-electron chi connectivity index (χ4n) is 5.24. The Labute approximate surface area is 273 Å². The summed E-state index contributed by atoms with van der Waals surface area (Å²) in [5.74, 6) is 0.147. The van der Waals surface area contributed by atoms with Crippen LogP contribution in [0.25, 0.3) is 23.1 Å². The highest BCUT2D eigenvalue weighted by molar-refractivity contribution is 7.98. The third-order valence-corrected chi connectivity index (χ3v) is 9.11. The van der Waals surface area contributed by atoms with Gasteiger partial charge < -0.3 is 13.9 Å². The van der Waals surface area contributed by atoms with E-state index in [9.17, 15) is 14.4 Å². The van der Waals surface area contributed by atoms with Crippen LogP contribution in [0.5, 0.6) is 0 Å².